The average Bonchev–Trinajstić information content (AvgIpc) is 3.09. The predicted octanol–water partition coefficient (Wildman–Crippen LogP) is 6.67. The van der Waals surface area contributed by atoms with E-state index in [1.165, 1.54) is 6.42 Å². The zero-order valence-corrected chi connectivity index (χ0v) is 21.2. The topological polar surface area (TPSA) is 46.9 Å². The summed E-state index contributed by atoms with van der Waals surface area (Å²) in [4.78, 5) is 18.3. The van der Waals surface area contributed by atoms with Gasteiger partial charge >= 0.3 is 0 Å². The third-order valence-electron chi connectivity index (χ3n) is 8.07. The molecule has 170 valence electrons. The highest BCUT2D eigenvalue weighted by Crippen LogP contribution is 2.49. The summed E-state index contributed by atoms with van der Waals surface area (Å²) in [5, 5.41) is 3.79. The molecular weight excluding hydrogens is 382 g/mol. The fourth-order valence-corrected chi connectivity index (χ4v) is 5.42. The van der Waals surface area contributed by atoms with Crippen LogP contribution < -0.4 is 5.32 Å². The van der Waals surface area contributed by atoms with E-state index >= 15 is 0 Å². The van der Waals surface area contributed by atoms with Gasteiger partial charge in [-0.05, 0) is 76.8 Å². The summed E-state index contributed by atoms with van der Waals surface area (Å²) in [7, 11) is 0. The Bertz CT molecular complexity index is 977. The second kappa shape index (κ2) is 8.11. The van der Waals surface area contributed by atoms with Gasteiger partial charge in [-0.2, -0.15) is 0 Å². The number of anilines is 1. The SMILES string of the molecule is CCC1C[C@@H](Nc2ccnc(C)c2C(=O)c2cn(C(C)(C)C)c(C)c2C)C(C)(C)C1C. The number of carbonyl (C=O) groups is 1. The molecule has 0 amide bonds. The van der Waals surface area contributed by atoms with Crippen molar-refractivity contribution in [1.82, 2.24) is 9.55 Å². The molecule has 2 heterocycles. The van der Waals surface area contributed by atoms with E-state index in [4.69, 9.17) is 0 Å². The van der Waals surface area contributed by atoms with Gasteiger partial charge in [0.1, 0.15) is 0 Å². The Balaban J connectivity index is 2.02. The first-order valence-electron chi connectivity index (χ1n) is 11.8. The fourth-order valence-electron chi connectivity index (χ4n) is 5.42. The minimum Gasteiger partial charge on any atom is -0.381 e. The maximum absolute atomic E-state index is 13.8. The standard InChI is InChI=1S/C27H41N3O/c1-11-20-14-23(27(9,10)17(20)3)29-22-12-13-28-18(4)24(22)25(31)21-15-30(26(6,7)8)19(5)16(21)2/h12-13,15,17,20,23H,11,14H2,1-10H3,(H,28,29)/t17?,20?,23-/m1/s1. The highest BCUT2D eigenvalue weighted by atomic mass is 16.1. The van der Waals surface area contributed by atoms with Gasteiger partial charge in [-0.15, -0.1) is 0 Å². The van der Waals surface area contributed by atoms with Crippen molar-refractivity contribution in [2.24, 2.45) is 17.3 Å². The van der Waals surface area contributed by atoms with Crippen LogP contribution in [0.3, 0.4) is 0 Å². The first-order valence-corrected chi connectivity index (χ1v) is 11.8. The van der Waals surface area contributed by atoms with Crippen LogP contribution in [-0.2, 0) is 5.54 Å². The molecule has 2 unspecified atom stereocenters. The minimum absolute atomic E-state index is 0.0626. The summed E-state index contributed by atoms with van der Waals surface area (Å²) in [6.45, 7) is 22.0. The largest absolute Gasteiger partial charge is 0.381 e. The maximum atomic E-state index is 13.8. The smallest absolute Gasteiger partial charge is 0.198 e. The van der Waals surface area contributed by atoms with Gasteiger partial charge in [-0.25, -0.2) is 0 Å². The molecule has 4 nitrogen and oxygen atoms in total. The molecule has 0 saturated heterocycles. The molecule has 0 bridgehead atoms. The molecule has 4 heteroatoms. The number of pyridine rings is 1. The van der Waals surface area contributed by atoms with Crippen molar-refractivity contribution >= 4 is 11.5 Å². The Morgan fingerprint density at radius 1 is 1.26 bits per heavy atom. The molecule has 2 aromatic heterocycles. The second-order valence-electron chi connectivity index (χ2n) is 11.2. The second-order valence-corrected chi connectivity index (χ2v) is 11.2. The number of carbonyl (C=O) groups excluding carboxylic acids is 1. The first-order chi connectivity index (χ1) is 14.3. The Morgan fingerprint density at radius 3 is 2.42 bits per heavy atom. The van der Waals surface area contributed by atoms with Crippen molar-refractivity contribution in [2.75, 3.05) is 5.32 Å². The van der Waals surface area contributed by atoms with Gasteiger partial charge in [-0.1, -0.05) is 34.1 Å². The van der Waals surface area contributed by atoms with Crippen LogP contribution in [0.25, 0.3) is 0 Å². The van der Waals surface area contributed by atoms with Crippen molar-refractivity contribution in [3.8, 4) is 0 Å². The van der Waals surface area contributed by atoms with Gasteiger partial charge in [0.25, 0.3) is 0 Å². The molecule has 31 heavy (non-hydrogen) atoms. The molecule has 1 aliphatic rings. The van der Waals surface area contributed by atoms with E-state index in [0.717, 1.165) is 34.6 Å². The molecule has 0 radical (unpaired) electrons. The van der Waals surface area contributed by atoms with Gasteiger partial charge in [0.15, 0.2) is 5.78 Å². The first kappa shape index (κ1) is 23.6. The van der Waals surface area contributed by atoms with E-state index in [2.05, 4.69) is 77.2 Å². The molecular formula is C27H41N3O. The normalized spacial score (nSPS) is 23.2. The molecule has 0 spiro atoms. The lowest BCUT2D eigenvalue weighted by molar-refractivity contribution is 0.103. The van der Waals surface area contributed by atoms with E-state index in [0.29, 0.717) is 23.4 Å². The maximum Gasteiger partial charge on any atom is 0.198 e. The van der Waals surface area contributed by atoms with E-state index in [-0.39, 0.29) is 16.7 Å². The number of ketones is 1. The van der Waals surface area contributed by atoms with E-state index in [1.807, 2.05) is 25.4 Å². The number of nitrogens with zero attached hydrogens (tertiary/aromatic N) is 2. The summed E-state index contributed by atoms with van der Waals surface area (Å²) >= 11 is 0. The number of aromatic nitrogens is 2. The highest BCUT2D eigenvalue weighted by Gasteiger charge is 2.46. The van der Waals surface area contributed by atoms with E-state index < -0.39 is 0 Å². The van der Waals surface area contributed by atoms with Crippen LogP contribution in [0, 0.1) is 38.0 Å². The number of nitrogens with one attached hydrogen (secondary N) is 1. The zero-order valence-electron chi connectivity index (χ0n) is 21.2. The van der Waals surface area contributed by atoms with Crippen molar-refractivity contribution < 1.29 is 4.79 Å². The van der Waals surface area contributed by atoms with Crippen molar-refractivity contribution in [3.05, 3.63) is 46.5 Å². The van der Waals surface area contributed by atoms with Crippen LogP contribution in [0.4, 0.5) is 5.69 Å². The summed E-state index contributed by atoms with van der Waals surface area (Å²) in [5.41, 5.74) is 5.47. The molecule has 1 saturated carbocycles. The summed E-state index contributed by atoms with van der Waals surface area (Å²) in [6, 6.07) is 2.31. The third-order valence-corrected chi connectivity index (χ3v) is 8.07. The van der Waals surface area contributed by atoms with Crippen molar-refractivity contribution in [1.29, 1.82) is 0 Å². The van der Waals surface area contributed by atoms with Gasteiger partial charge in [-0.3, -0.25) is 9.78 Å². The minimum atomic E-state index is -0.0718. The third kappa shape index (κ3) is 4.06. The molecule has 2 aromatic rings. The lowest BCUT2D eigenvalue weighted by atomic mass is 9.77. The lowest BCUT2D eigenvalue weighted by Crippen LogP contribution is -2.35. The van der Waals surface area contributed by atoms with Crippen molar-refractivity contribution in [3.63, 3.8) is 0 Å². The molecule has 3 atom stereocenters. The molecule has 1 fully saturated rings. The summed E-state index contributed by atoms with van der Waals surface area (Å²) in [5.74, 6) is 1.41. The molecule has 1 N–H and O–H groups in total. The van der Waals surface area contributed by atoms with Gasteiger partial charge < -0.3 is 9.88 Å². The Hall–Kier alpha value is -2.10. The predicted molar refractivity (Wildman–Crippen MR) is 130 cm³/mol. The zero-order chi connectivity index (χ0) is 23.3. The van der Waals surface area contributed by atoms with Crippen LogP contribution in [0.2, 0.25) is 0 Å². The highest BCUT2D eigenvalue weighted by molar-refractivity contribution is 6.14. The summed E-state index contributed by atoms with van der Waals surface area (Å²) in [6.07, 6.45) is 6.18. The molecule has 3 rings (SSSR count). The molecule has 0 aliphatic heterocycles. The van der Waals surface area contributed by atoms with Gasteiger partial charge in [0.05, 0.1) is 11.3 Å². The number of aryl methyl sites for hydroxylation is 1. The fraction of sp³-hybridized carbons (Fsp3) is 0.630. The number of hydrogen-bond donors (Lipinski definition) is 1. The molecule has 0 aromatic carbocycles. The lowest BCUT2D eigenvalue weighted by Gasteiger charge is -2.33. The Kier molecular flexibility index (Phi) is 6.16. The van der Waals surface area contributed by atoms with E-state index in [9.17, 15) is 4.79 Å². The monoisotopic (exact) mass is 423 g/mol. The van der Waals surface area contributed by atoms with Crippen LogP contribution in [-0.4, -0.2) is 21.4 Å². The van der Waals surface area contributed by atoms with Gasteiger partial charge in [0.2, 0.25) is 0 Å². The Morgan fingerprint density at radius 2 is 1.90 bits per heavy atom. The van der Waals surface area contributed by atoms with Crippen molar-refractivity contribution in [2.45, 2.75) is 93.7 Å². The molecule has 1 aliphatic carbocycles. The van der Waals surface area contributed by atoms with Crippen LogP contribution in [0.5, 0.6) is 0 Å². The van der Waals surface area contributed by atoms with Crippen LogP contribution in [0.1, 0.15) is 94.2 Å². The summed E-state index contributed by atoms with van der Waals surface area (Å²) < 4.78 is 2.21. The van der Waals surface area contributed by atoms with Gasteiger partial charge in [0, 0.05) is 40.9 Å². The van der Waals surface area contributed by atoms with Crippen LogP contribution >= 0.6 is 0 Å². The quantitative estimate of drug-likeness (QED) is 0.546. The Labute approximate surface area is 188 Å². The number of rotatable bonds is 5. The number of hydrogen-bond acceptors (Lipinski definition) is 3. The van der Waals surface area contributed by atoms with E-state index in [1.54, 1.807) is 0 Å². The average molecular weight is 424 g/mol. The van der Waals surface area contributed by atoms with Crippen LogP contribution in [0.15, 0.2) is 18.5 Å².